The van der Waals surface area contributed by atoms with Gasteiger partial charge in [0.15, 0.2) is 0 Å². The van der Waals surface area contributed by atoms with Gasteiger partial charge in [-0.3, -0.25) is 4.79 Å². The quantitative estimate of drug-likeness (QED) is 0.775. The van der Waals surface area contributed by atoms with Gasteiger partial charge in [0.05, 0.1) is 4.32 Å². The fourth-order valence-corrected chi connectivity index (χ4v) is 2.71. The number of carbonyl (C=O) groups excluding carboxylic acids is 1. The molecule has 0 aromatic heterocycles. The van der Waals surface area contributed by atoms with Gasteiger partial charge in [-0.1, -0.05) is 22.9 Å². The molecule has 2 atom stereocenters. The van der Waals surface area contributed by atoms with Crippen LogP contribution in [0.2, 0.25) is 0 Å². The monoisotopic (exact) mass is 265 g/mol. The van der Waals surface area contributed by atoms with Gasteiger partial charge < -0.3 is 5.32 Å². The maximum absolute atomic E-state index is 11.6. The highest BCUT2D eigenvalue weighted by molar-refractivity contribution is 9.10. The summed E-state index contributed by atoms with van der Waals surface area (Å²) in [6, 6.07) is 0.356. The highest BCUT2D eigenvalue weighted by Crippen LogP contribution is 2.25. The van der Waals surface area contributed by atoms with Crippen LogP contribution in [-0.4, -0.2) is 27.8 Å². The van der Waals surface area contributed by atoms with Crippen molar-refractivity contribution >= 4 is 33.6 Å². The molecule has 13 heavy (non-hydrogen) atoms. The van der Waals surface area contributed by atoms with Crippen molar-refractivity contribution in [3.63, 3.8) is 0 Å². The minimum absolute atomic E-state index is 0.0897. The minimum Gasteiger partial charge on any atom is -0.351 e. The third-order valence-corrected chi connectivity index (χ3v) is 3.94. The first-order valence-electron chi connectivity index (χ1n) is 4.49. The van der Waals surface area contributed by atoms with Gasteiger partial charge >= 0.3 is 0 Å². The summed E-state index contributed by atoms with van der Waals surface area (Å²) >= 11 is 5.27. The molecule has 1 saturated heterocycles. The maximum atomic E-state index is 11.6. The van der Waals surface area contributed by atoms with E-state index in [0.717, 1.165) is 11.5 Å². The molecular weight excluding hydrogens is 250 g/mol. The molecule has 0 bridgehead atoms. The van der Waals surface area contributed by atoms with Gasteiger partial charge in [0.2, 0.25) is 5.91 Å². The Kier molecular flexibility index (Phi) is 3.69. The molecule has 0 aliphatic carbocycles. The van der Waals surface area contributed by atoms with Gasteiger partial charge in [-0.05, 0) is 25.5 Å². The van der Waals surface area contributed by atoms with Crippen LogP contribution >= 0.6 is 27.7 Å². The Morgan fingerprint density at radius 2 is 2.15 bits per heavy atom. The van der Waals surface area contributed by atoms with Gasteiger partial charge in [0.1, 0.15) is 0 Å². The summed E-state index contributed by atoms with van der Waals surface area (Å²) in [4.78, 5) is 11.6. The number of alkyl halides is 1. The van der Waals surface area contributed by atoms with Crippen molar-refractivity contribution in [2.45, 2.75) is 31.1 Å². The zero-order valence-corrected chi connectivity index (χ0v) is 10.7. The van der Waals surface area contributed by atoms with Crippen LogP contribution in [-0.2, 0) is 4.79 Å². The van der Waals surface area contributed by atoms with Crippen molar-refractivity contribution in [1.82, 2.24) is 5.32 Å². The lowest BCUT2D eigenvalue weighted by atomic mass is 10.1. The number of nitrogens with one attached hydrogen (secondary N) is 1. The Labute approximate surface area is 92.4 Å². The van der Waals surface area contributed by atoms with E-state index in [2.05, 4.69) is 28.2 Å². The number of amides is 1. The SMILES string of the molecule is CC1CSCC1NC(=O)C(C)(C)Br. The average Bonchev–Trinajstić information content (AvgIpc) is 2.34. The molecule has 1 N–H and O–H groups in total. The highest BCUT2D eigenvalue weighted by Gasteiger charge is 2.30. The molecule has 1 aliphatic rings. The molecule has 4 heteroatoms. The van der Waals surface area contributed by atoms with Crippen LogP contribution in [0.25, 0.3) is 0 Å². The summed E-state index contributed by atoms with van der Waals surface area (Å²) in [6.07, 6.45) is 0. The van der Waals surface area contributed by atoms with Gasteiger partial charge in [-0.2, -0.15) is 11.8 Å². The smallest absolute Gasteiger partial charge is 0.236 e. The van der Waals surface area contributed by atoms with E-state index in [9.17, 15) is 4.79 Å². The van der Waals surface area contributed by atoms with E-state index in [1.165, 1.54) is 0 Å². The number of carbonyl (C=O) groups is 1. The van der Waals surface area contributed by atoms with Crippen LogP contribution in [0.1, 0.15) is 20.8 Å². The molecular formula is C9H16BrNOS. The van der Waals surface area contributed by atoms with Crippen LogP contribution in [0.5, 0.6) is 0 Å². The molecule has 1 fully saturated rings. The molecule has 76 valence electrons. The van der Waals surface area contributed by atoms with E-state index in [0.29, 0.717) is 12.0 Å². The van der Waals surface area contributed by atoms with E-state index in [4.69, 9.17) is 0 Å². The number of hydrogen-bond acceptors (Lipinski definition) is 2. The van der Waals surface area contributed by atoms with Crippen molar-refractivity contribution in [3.05, 3.63) is 0 Å². The topological polar surface area (TPSA) is 29.1 Å². The second-order valence-electron chi connectivity index (χ2n) is 4.07. The molecule has 1 heterocycles. The van der Waals surface area contributed by atoms with E-state index in [-0.39, 0.29) is 5.91 Å². The lowest BCUT2D eigenvalue weighted by molar-refractivity contribution is -0.123. The lowest BCUT2D eigenvalue weighted by Crippen LogP contribution is -2.46. The number of halogens is 1. The van der Waals surface area contributed by atoms with Crippen molar-refractivity contribution < 1.29 is 4.79 Å². The molecule has 1 amide bonds. The predicted octanol–water partition coefficient (Wildman–Crippen LogP) is 2.03. The normalized spacial score (nSPS) is 28.9. The molecule has 0 radical (unpaired) electrons. The average molecular weight is 266 g/mol. The Morgan fingerprint density at radius 3 is 2.54 bits per heavy atom. The summed E-state index contributed by atoms with van der Waals surface area (Å²) in [7, 11) is 0. The van der Waals surface area contributed by atoms with E-state index >= 15 is 0 Å². The predicted molar refractivity (Wildman–Crippen MR) is 61.4 cm³/mol. The summed E-state index contributed by atoms with van der Waals surface area (Å²) in [6.45, 7) is 5.93. The molecule has 1 aliphatic heterocycles. The first kappa shape index (κ1) is 11.4. The van der Waals surface area contributed by atoms with Crippen molar-refractivity contribution in [3.8, 4) is 0 Å². The molecule has 0 aromatic rings. The van der Waals surface area contributed by atoms with E-state index in [1.54, 1.807) is 0 Å². The Hall–Kier alpha value is 0.300. The number of hydrogen-bond donors (Lipinski definition) is 1. The van der Waals surface area contributed by atoms with Crippen molar-refractivity contribution in [1.29, 1.82) is 0 Å². The highest BCUT2D eigenvalue weighted by atomic mass is 79.9. The van der Waals surface area contributed by atoms with Crippen LogP contribution in [0.4, 0.5) is 0 Å². The van der Waals surface area contributed by atoms with Crippen LogP contribution in [0.3, 0.4) is 0 Å². The van der Waals surface area contributed by atoms with E-state index < -0.39 is 4.32 Å². The van der Waals surface area contributed by atoms with Crippen LogP contribution in [0.15, 0.2) is 0 Å². The zero-order chi connectivity index (χ0) is 10.1. The minimum atomic E-state index is -0.444. The standard InChI is InChI=1S/C9H16BrNOS/c1-6-4-13-5-7(6)11-8(12)9(2,3)10/h6-7H,4-5H2,1-3H3,(H,11,12). The molecule has 1 rings (SSSR count). The second-order valence-corrected chi connectivity index (χ2v) is 7.12. The first-order valence-corrected chi connectivity index (χ1v) is 6.43. The molecule has 2 nitrogen and oxygen atoms in total. The molecule has 2 unspecified atom stereocenters. The number of rotatable bonds is 2. The third kappa shape index (κ3) is 3.17. The molecule has 0 spiro atoms. The summed E-state index contributed by atoms with van der Waals surface area (Å²) in [5.41, 5.74) is 0. The van der Waals surface area contributed by atoms with Gasteiger partial charge in [-0.15, -0.1) is 0 Å². The van der Waals surface area contributed by atoms with Crippen LogP contribution in [0, 0.1) is 5.92 Å². The van der Waals surface area contributed by atoms with Gasteiger partial charge in [-0.25, -0.2) is 0 Å². The Morgan fingerprint density at radius 1 is 1.54 bits per heavy atom. The van der Waals surface area contributed by atoms with Gasteiger partial charge in [0, 0.05) is 11.8 Å². The maximum Gasteiger partial charge on any atom is 0.236 e. The van der Waals surface area contributed by atoms with Crippen molar-refractivity contribution in [2.75, 3.05) is 11.5 Å². The summed E-state index contributed by atoms with van der Waals surface area (Å²) < 4.78 is -0.444. The zero-order valence-electron chi connectivity index (χ0n) is 8.26. The molecule has 0 aromatic carbocycles. The Bertz CT molecular complexity index is 202. The largest absolute Gasteiger partial charge is 0.351 e. The van der Waals surface area contributed by atoms with Gasteiger partial charge in [0.25, 0.3) is 0 Å². The number of thioether (sulfide) groups is 1. The van der Waals surface area contributed by atoms with Crippen LogP contribution < -0.4 is 5.32 Å². The molecule has 0 saturated carbocycles. The van der Waals surface area contributed by atoms with Crippen molar-refractivity contribution in [2.24, 2.45) is 5.92 Å². The second kappa shape index (κ2) is 4.22. The Balaban J connectivity index is 2.45. The summed E-state index contributed by atoms with van der Waals surface area (Å²) in [5.74, 6) is 2.90. The third-order valence-electron chi connectivity index (χ3n) is 2.22. The summed E-state index contributed by atoms with van der Waals surface area (Å²) in [5, 5.41) is 3.06. The fraction of sp³-hybridized carbons (Fsp3) is 0.889. The first-order chi connectivity index (χ1) is 5.91. The lowest BCUT2D eigenvalue weighted by Gasteiger charge is -2.22. The fourth-order valence-electron chi connectivity index (χ4n) is 1.19. The van der Waals surface area contributed by atoms with E-state index in [1.807, 2.05) is 25.6 Å².